The Morgan fingerprint density at radius 1 is 0.533 bits per heavy atom. The highest BCUT2D eigenvalue weighted by molar-refractivity contribution is 5.68. The zero-order valence-electron chi connectivity index (χ0n) is 17.3. The molecule has 5 nitrogen and oxygen atoms in total. The molecule has 0 unspecified atom stereocenters. The lowest BCUT2D eigenvalue weighted by atomic mass is 10.1. The number of pyridine rings is 2. The number of ether oxygens (including phenoxy) is 3. The second-order valence-electron chi connectivity index (χ2n) is 6.72. The van der Waals surface area contributed by atoms with Gasteiger partial charge in [-0.3, -0.25) is 0 Å². The van der Waals surface area contributed by atoms with Gasteiger partial charge in [0.2, 0.25) is 17.6 Å². The first-order chi connectivity index (χ1) is 14.7. The van der Waals surface area contributed by atoms with E-state index in [1.165, 1.54) is 0 Å². The van der Waals surface area contributed by atoms with Crippen molar-refractivity contribution in [3.05, 3.63) is 91.5 Å². The highest BCUT2D eigenvalue weighted by Gasteiger charge is 2.15. The lowest BCUT2D eigenvalue weighted by molar-refractivity contribution is -0.596. The second-order valence-corrected chi connectivity index (χ2v) is 6.72. The molecule has 30 heavy (non-hydrogen) atoms. The molecule has 0 amide bonds. The van der Waals surface area contributed by atoms with Gasteiger partial charge in [0.05, 0.1) is 21.3 Å². The van der Waals surface area contributed by atoms with Gasteiger partial charge in [-0.2, -0.15) is 9.13 Å². The molecule has 2 aromatic carbocycles. The van der Waals surface area contributed by atoms with Gasteiger partial charge in [0.1, 0.15) is 11.5 Å². The summed E-state index contributed by atoms with van der Waals surface area (Å²) in [5.74, 6) is 2.48. The van der Waals surface area contributed by atoms with Crippen LogP contribution >= 0.6 is 0 Å². The van der Waals surface area contributed by atoms with Crippen molar-refractivity contribution in [3.8, 4) is 39.8 Å². The molecule has 0 aliphatic carbocycles. The molecule has 0 radical (unpaired) electrons. The third-order valence-electron chi connectivity index (χ3n) is 5.03. The van der Waals surface area contributed by atoms with Crippen LogP contribution in [0.4, 0.5) is 0 Å². The molecule has 5 heteroatoms. The van der Waals surface area contributed by atoms with E-state index in [4.69, 9.17) is 14.2 Å². The molecular weight excluding hydrogens is 376 g/mol. The normalized spacial score (nSPS) is 10.5. The third-order valence-corrected chi connectivity index (χ3v) is 5.03. The predicted octanol–water partition coefficient (Wildman–Crippen LogP) is 3.93. The first-order valence-electron chi connectivity index (χ1n) is 9.61. The van der Waals surface area contributed by atoms with Gasteiger partial charge in [0.15, 0.2) is 24.3 Å². The van der Waals surface area contributed by atoms with Crippen LogP contribution in [0.3, 0.4) is 0 Å². The fourth-order valence-electron chi connectivity index (χ4n) is 3.32. The van der Waals surface area contributed by atoms with E-state index in [1.54, 1.807) is 21.3 Å². The Hall–Kier alpha value is -3.86. The minimum Gasteiger partial charge on any atom is -0.497 e. The van der Waals surface area contributed by atoms with Crippen LogP contribution in [0.2, 0.25) is 0 Å². The van der Waals surface area contributed by atoms with Crippen LogP contribution in [-0.2, 0) is 0 Å². The summed E-state index contributed by atoms with van der Waals surface area (Å²) in [4.78, 5) is 0. The molecule has 0 N–H and O–H groups in total. The van der Waals surface area contributed by atoms with E-state index in [9.17, 15) is 0 Å². The monoisotopic (exact) mass is 400 g/mol. The average molecular weight is 400 g/mol. The fourth-order valence-corrected chi connectivity index (χ4v) is 3.32. The Balaban J connectivity index is 1.62. The van der Waals surface area contributed by atoms with Crippen LogP contribution in [-0.4, -0.2) is 21.3 Å². The molecule has 0 saturated heterocycles. The first-order valence-corrected chi connectivity index (χ1v) is 9.61. The Morgan fingerprint density at radius 3 is 1.53 bits per heavy atom. The number of nitrogens with zero attached hydrogens (tertiary/aromatic N) is 2. The SMILES string of the molecule is COc1ccc(-[n+]2ccc(-c3cc[n+](-c4ccc(OC)cc4)cc3OC)cc2)cc1. The highest BCUT2D eigenvalue weighted by Crippen LogP contribution is 2.28. The van der Waals surface area contributed by atoms with Crippen molar-refractivity contribution >= 4 is 0 Å². The molecular formula is C25H24N2O3+2. The fraction of sp³-hybridized carbons (Fsp3) is 0.120. The van der Waals surface area contributed by atoms with Crippen molar-refractivity contribution in [1.82, 2.24) is 0 Å². The van der Waals surface area contributed by atoms with Gasteiger partial charge in [-0.25, -0.2) is 0 Å². The van der Waals surface area contributed by atoms with Crippen LogP contribution in [0.1, 0.15) is 0 Å². The molecule has 0 saturated carbocycles. The molecule has 150 valence electrons. The molecule has 4 aromatic rings. The summed E-state index contributed by atoms with van der Waals surface area (Å²) in [6, 6.07) is 22.1. The molecule has 0 aliphatic rings. The minimum absolute atomic E-state index is 0.801. The van der Waals surface area contributed by atoms with Crippen LogP contribution in [0.25, 0.3) is 22.5 Å². The van der Waals surface area contributed by atoms with E-state index in [1.807, 2.05) is 77.9 Å². The van der Waals surface area contributed by atoms with Gasteiger partial charge >= 0.3 is 0 Å². The lowest BCUT2D eigenvalue weighted by Crippen LogP contribution is -2.30. The molecule has 2 heterocycles. The number of rotatable bonds is 6. The van der Waals surface area contributed by atoms with E-state index in [0.717, 1.165) is 39.8 Å². The lowest BCUT2D eigenvalue weighted by Gasteiger charge is -2.07. The molecule has 0 bridgehead atoms. The largest absolute Gasteiger partial charge is 0.497 e. The summed E-state index contributed by atoms with van der Waals surface area (Å²) in [6.07, 6.45) is 8.11. The highest BCUT2D eigenvalue weighted by atomic mass is 16.5. The average Bonchev–Trinajstić information content (AvgIpc) is 2.84. The summed E-state index contributed by atoms with van der Waals surface area (Å²) in [7, 11) is 5.03. The molecule has 0 fully saturated rings. The number of benzene rings is 2. The van der Waals surface area contributed by atoms with E-state index in [-0.39, 0.29) is 0 Å². The maximum atomic E-state index is 5.68. The van der Waals surface area contributed by atoms with Gasteiger partial charge in [-0.05, 0) is 29.8 Å². The Kier molecular flexibility index (Phi) is 5.61. The Labute approximate surface area is 176 Å². The topological polar surface area (TPSA) is 35.5 Å². The van der Waals surface area contributed by atoms with E-state index in [0.29, 0.717) is 0 Å². The van der Waals surface area contributed by atoms with E-state index in [2.05, 4.69) is 22.8 Å². The molecule has 2 aromatic heterocycles. The maximum Gasteiger partial charge on any atom is 0.217 e. The quantitative estimate of drug-likeness (QED) is 0.460. The summed E-state index contributed by atoms with van der Waals surface area (Å²) < 4.78 is 20.2. The van der Waals surface area contributed by atoms with Crippen molar-refractivity contribution < 1.29 is 23.3 Å². The zero-order chi connectivity index (χ0) is 20.9. The van der Waals surface area contributed by atoms with Crippen molar-refractivity contribution in [2.45, 2.75) is 0 Å². The van der Waals surface area contributed by atoms with Crippen LogP contribution in [0, 0.1) is 0 Å². The summed E-state index contributed by atoms with van der Waals surface area (Å²) >= 11 is 0. The molecule has 0 aliphatic heterocycles. The van der Waals surface area contributed by atoms with Crippen molar-refractivity contribution in [1.29, 1.82) is 0 Å². The van der Waals surface area contributed by atoms with Crippen LogP contribution < -0.4 is 23.3 Å². The number of methoxy groups -OCH3 is 3. The first kappa shape index (κ1) is 19.5. The van der Waals surface area contributed by atoms with Gasteiger partial charge in [0.25, 0.3) is 0 Å². The van der Waals surface area contributed by atoms with E-state index < -0.39 is 0 Å². The maximum absolute atomic E-state index is 5.68. The molecule has 0 atom stereocenters. The van der Waals surface area contributed by atoms with Crippen LogP contribution in [0.5, 0.6) is 17.2 Å². The van der Waals surface area contributed by atoms with Gasteiger partial charge in [-0.15, -0.1) is 0 Å². The zero-order valence-corrected chi connectivity index (χ0v) is 17.3. The molecule has 0 spiro atoms. The van der Waals surface area contributed by atoms with E-state index >= 15 is 0 Å². The minimum atomic E-state index is 0.801. The summed E-state index contributed by atoms with van der Waals surface area (Å²) in [5.41, 5.74) is 4.22. The number of hydrogen-bond donors (Lipinski definition) is 0. The second kappa shape index (κ2) is 8.66. The third kappa shape index (κ3) is 3.96. The standard InChI is InChI=1S/C25H24N2O3/c1-28-22-8-4-20(5-9-22)26-15-12-19(13-16-26)24-14-17-27(18-25(24)30-3)21-6-10-23(29-2)11-7-21/h4-18H,1-3H3/q+2. The summed E-state index contributed by atoms with van der Waals surface area (Å²) in [6.45, 7) is 0. The van der Waals surface area contributed by atoms with Crippen LogP contribution in [0.15, 0.2) is 91.5 Å². The van der Waals surface area contributed by atoms with Crippen molar-refractivity contribution in [2.75, 3.05) is 21.3 Å². The summed E-state index contributed by atoms with van der Waals surface area (Å²) in [5, 5.41) is 0. The van der Waals surface area contributed by atoms with Crippen molar-refractivity contribution in [2.24, 2.45) is 0 Å². The smallest absolute Gasteiger partial charge is 0.217 e. The number of hydrogen-bond acceptors (Lipinski definition) is 3. The van der Waals surface area contributed by atoms with Gasteiger partial charge in [0, 0.05) is 48.0 Å². The number of aromatic nitrogens is 2. The van der Waals surface area contributed by atoms with Crippen molar-refractivity contribution in [3.63, 3.8) is 0 Å². The predicted molar refractivity (Wildman–Crippen MR) is 115 cm³/mol. The van der Waals surface area contributed by atoms with Gasteiger partial charge in [-0.1, -0.05) is 0 Å². The Morgan fingerprint density at radius 2 is 1.03 bits per heavy atom. The van der Waals surface area contributed by atoms with Gasteiger partial charge < -0.3 is 14.2 Å². The Bertz CT molecular complexity index is 1120. The molecule has 4 rings (SSSR count).